The summed E-state index contributed by atoms with van der Waals surface area (Å²) in [6.07, 6.45) is 6.56. The Balaban J connectivity index is 1.71. The van der Waals surface area contributed by atoms with Gasteiger partial charge in [0.1, 0.15) is 0 Å². The van der Waals surface area contributed by atoms with E-state index in [0.29, 0.717) is 0 Å². The Bertz CT molecular complexity index is 437. The standard InChI is InChI=1S/C15H20O2S/c16-14-13(11-15(14)9-5-2-6-10-15)18(17)12-7-3-1-4-8-12/h1,3-4,7-8,13-14,16H,2,5-6,9-11H2/t13-,14-,18?/m0/s1. The second-order valence-corrected chi connectivity index (χ2v) is 7.39. The van der Waals surface area contributed by atoms with Crippen LogP contribution in [-0.2, 0) is 10.8 Å². The summed E-state index contributed by atoms with van der Waals surface area (Å²) in [6, 6.07) is 9.55. The highest BCUT2D eigenvalue weighted by Gasteiger charge is 2.55. The summed E-state index contributed by atoms with van der Waals surface area (Å²) in [6.45, 7) is 0. The largest absolute Gasteiger partial charge is 0.391 e. The van der Waals surface area contributed by atoms with E-state index in [1.807, 2.05) is 30.3 Å². The molecular formula is C15H20O2S. The van der Waals surface area contributed by atoms with Gasteiger partial charge in [-0.25, -0.2) is 0 Å². The van der Waals surface area contributed by atoms with Crippen LogP contribution in [0.4, 0.5) is 0 Å². The lowest BCUT2D eigenvalue weighted by molar-refractivity contribution is -0.0810. The minimum atomic E-state index is -1.05. The van der Waals surface area contributed by atoms with Crippen molar-refractivity contribution < 1.29 is 9.32 Å². The van der Waals surface area contributed by atoms with Crippen LogP contribution in [0.25, 0.3) is 0 Å². The van der Waals surface area contributed by atoms with Crippen LogP contribution in [0, 0.1) is 5.41 Å². The topological polar surface area (TPSA) is 37.3 Å². The summed E-state index contributed by atoms with van der Waals surface area (Å²) < 4.78 is 12.4. The van der Waals surface area contributed by atoms with Crippen molar-refractivity contribution in [2.24, 2.45) is 5.41 Å². The van der Waals surface area contributed by atoms with Gasteiger partial charge in [-0.1, -0.05) is 37.5 Å². The maximum absolute atomic E-state index is 12.4. The average Bonchev–Trinajstić information content (AvgIpc) is 2.46. The second kappa shape index (κ2) is 4.78. The molecule has 18 heavy (non-hydrogen) atoms. The first-order valence-electron chi connectivity index (χ1n) is 6.87. The van der Waals surface area contributed by atoms with E-state index >= 15 is 0 Å². The van der Waals surface area contributed by atoms with Crippen LogP contribution in [0.2, 0.25) is 0 Å². The van der Waals surface area contributed by atoms with Gasteiger partial charge in [0, 0.05) is 4.90 Å². The van der Waals surface area contributed by atoms with Crippen molar-refractivity contribution in [1.29, 1.82) is 0 Å². The average molecular weight is 264 g/mol. The van der Waals surface area contributed by atoms with Gasteiger partial charge in [0.25, 0.3) is 0 Å². The van der Waals surface area contributed by atoms with Crippen LogP contribution >= 0.6 is 0 Å². The van der Waals surface area contributed by atoms with Gasteiger partial charge in [0.2, 0.25) is 0 Å². The van der Waals surface area contributed by atoms with E-state index < -0.39 is 10.8 Å². The summed E-state index contributed by atoms with van der Waals surface area (Å²) in [5.74, 6) is 0. The van der Waals surface area contributed by atoms with Crippen LogP contribution in [0.15, 0.2) is 35.2 Å². The fourth-order valence-electron chi connectivity index (χ4n) is 3.54. The van der Waals surface area contributed by atoms with E-state index in [2.05, 4.69) is 0 Å². The van der Waals surface area contributed by atoms with Crippen molar-refractivity contribution in [1.82, 2.24) is 0 Å². The van der Waals surface area contributed by atoms with Gasteiger partial charge in [-0.3, -0.25) is 4.21 Å². The quantitative estimate of drug-likeness (QED) is 0.892. The zero-order valence-corrected chi connectivity index (χ0v) is 11.4. The number of hydrogen-bond acceptors (Lipinski definition) is 2. The first-order chi connectivity index (χ1) is 8.73. The molecule has 1 spiro atoms. The van der Waals surface area contributed by atoms with Crippen molar-refractivity contribution in [2.45, 2.75) is 54.8 Å². The Morgan fingerprint density at radius 3 is 2.39 bits per heavy atom. The van der Waals surface area contributed by atoms with Crippen LogP contribution in [0.5, 0.6) is 0 Å². The van der Waals surface area contributed by atoms with E-state index in [4.69, 9.17) is 0 Å². The number of benzene rings is 1. The van der Waals surface area contributed by atoms with Crippen LogP contribution in [0.1, 0.15) is 38.5 Å². The Morgan fingerprint density at radius 2 is 1.78 bits per heavy atom. The first kappa shape index (κ1) is 12.4. The fourth-order valence-corrected chi connectivity index (χ4v) is 5.33. The van der Waals surface area contributed by atoms with E-state index in [1.54, 1.807) is 0 Å². The normalized spacial score (nSPS) is 31.8. The maximum Gasteiger partial charge on any atom is 0.0744 e. The van der Waals surface area contributed by atoms with E-state index in [9.17, 15) is 9.32 Å². The molecule has 0 aromatic heterocycles. The van der Waals surface area contributed by atoms with Gasteiger partial charge in [0.15, 0.2) is 0 Å². The highest BCUT2D eigenvalue weighted by Crippen LogP contribution is 2.53. The maximum atomic E-state index is 12.4. The van der Waals surface area contributed by atoms with E-state index in [-0.39, 0.29) is 16.8 Å². The minimum absolute atomic E-state index is 0.0505. The van der Waals surface area contributed by atoms with Gasteiger partial charge < -0.3 is 5.11 Å². The number of aliphatic hydroxyl groups is 1. The van der Waals surface area contributed by atoms with Crippen molar-refractivity contribution >= 4 is 10.8 Å². The third-order valence-electron chi connectivity index (χ3n) is 4.69. The molecule has 98 valence electrons. The fraction of sp³-hybridized carbons (Fsp3) is 0.600. The molecule has 2 saturated carbocycles. The van der Waals surface area contributed by atoms with Crippen molar-refractivity contribution in [3.05, 3.63) is 30.3 Å². The predicted molar refractivity (Wildman–Crippen MR) is 72.8 cm³/mol. The van der Waals surface area contributed by atoms with E-state index in [1.165, 1.54) is 19.3 Å². The molecular weight excluding hydrogens is 244 g/mol. The molecule has 0 heterocycles. The van der Waals surface area contributed by atoms with Gasteiger partial charge in [0.05, 0.1) is 22.2 Å². The summed E-state index contributed by atoms with van der Waals surface area (Å²) in [5, 5.41) is 10.4. The summed E-state index contributed by atoms with van der Waals surface area (Å²) in [4.78, 5) is 0.854. The minimum Gasteiger partial charge on any atom is -0.391 e. The molecule has 2 fully saturated rings. The molecule has 1 aromatic rings. The molecule has 3 heteroatoms. The zero-order valence-electron chi connectivity index (χ0n) is 10.5. The smallest absolute Gasteiger partial charge is 0.0744 e. The first-order valence-corrected chi connectivity index (χ1v) is 8.08. The molecule has 0 saturated heterocycles. The summed E-state index contributed by atoms with van der Waals surface area (Å²) in [7, 11) is -1.05. The lowest BCUT2D eigenvalue weighted by atomic mass is 9.58. The second-order valence-electron chi connectivity index (χ2n) is 5.72. The molecule has 3 rings (SSSR count). The molecule has 0 aliphatic heterocycles. The van der Waals surface area contributed by atoms with Crippen molar-refractivity contribution in [3.8, 4) is 0 Å². The third-order valence-corrected chi connectivity index (χ3v) is 6.40. The highest BCUT2D eigenvalue weighted by atomic mass is 32.2. The molecule has 2 aliphatic carbocycles. The lowest BCUT2D eigenvalue weighted by Gasteiger charge is -2.54. The molecule has 1 aromatic carbocycles. The predicted octanol–water partition coefficient (Wildman–Crippen LogP) is 2.88. The molecule has 0 radical (unpaired) electrons. The van der Waals surface area contributed by atoms with Crippen molar-refractivity contribution in [2.75, 3.05) is 0 Å². The lowest BCUT2D eigenvalue weighted by Crippen LogP contribution is -2.58. The van der Waals surface area contributed by atoms with Crippen LogP contribution < -0.4 is 0 Å². The highest BCUT2D eigenvalue weighted by molar-refractivity contribution is 7.85. The third kappa shape index (κ3) is 1.94. The van der Waals surface area contributed by atoms with Gasteiger partial charge >= 0.3 is 0 Å². The Kier molecular flexibility index (Phi) is 3.29. The number of hydrogen-bond donors (Lipinski definition) is 1. The molecule has 0 bridgehead atoms. The molecule has 1 unspecified atom stereocenters. The van der Waals surface area contributed by atoms with Crippen molar-refractivity contribution in [3.63, 3.8) is 0 Å². The Labute approximate surface area is 111 Å². The molecule has 1 N–H and O–H groups in total. The molecule has 3 atom stereocenters. The summed E-state index contributed by atoms with van der Waals surface area (Å²) in [5.41, 5.74) is 0.105. The monoisotopic (exact) mass is 264 g/mol. The SMILES string of the molecule is O=S(c1ccccc1)[C@H]1CC2(CCCCC2)[C@H]1O. The molecule has 0 amide bonds. The molecule has 2 nitrogen and oxygen atoms in total. The number of aliphatic hydroxyl groups excluding tert-OH is 1. The summed E-state index contributed by atoms with van der Waals surface area (Å²) >= 11 is 0. The zero-order chi connectivity index (χ0) is 12.6. The van der Waals surface area contributed by atoms with Gasteiger partial charge in [-0.2, -0.15) is 0 Å². The Morgan fingerprint density at radius 1 is 1.11 bits per heavy atom. The van der Waals surface area contributed by atoms with Gasteiger partial charge in [-0.15, -0.1) is 0 Å². The molecule has 2 aliphatic rings. The van der Waals surface area contributed by atoms with E-state index in [0.717, 1.165) is 24.2 Å². The van der Waals surface area contributed by atoms with Crippen LogP contribution in [0.3, 0.4) is 0 Å². The number of rotatable bonds is 2. The van der Waals surface area contributed by atoms with Crippen LogP contribution in [-0.4, -0.2) is 20.7 Å². The Hall–Kier alpha value is -0.670. The van der Waals surface area contributed by atoms with Gasteiger partial charge in [-0.05, 0) is 36.8 Å².